The van der Waals surface area contributed by atoms with Crippen LogP contribution in [0.2, 0.25) is 0 Å². The molecule has 3 atom stereocenters. The van der Waals surface area contributed by atoms with E-state index in [0.29, 0.717) is 0 Å². The second-order valence-corrected chi connectivity index (χ2v) is 4.64. The van der Waals surface area contributed by atoms with Gasteiger partial charge in [-0.2, -0.15) is 0 Å². The summed E-state index contributed by atoms with van der Waals surface area (Å²) in [7, 11) is -0.263. The first kappa shape index (κ1) is 12.1. The van der Waals surface area contributed by atoms with Crippen molar-refractivity contribution in [2.75, 3.05) is 7.05 Å². The van der Waals surface area contributed by atoms with Gasteiger partial charge in [-0.25, -0.2) is 0 Å². The fourth-order valence-electron chi connectivity index (χ4n) is 0.714. The lowest BCUT2D eigenvalue weighted by molar-refractivity contribution is -0.136. The average molecular weight is 207 g/mol. The lowest BCUT2D eigenvalue weighted by Gasteiger charge is -2.12. The highest BCUT2D eigenvalue weighted by Gasteiger charge is 2.27. The minimum Gasteiger partial charge on any atom is -0.480 e. The van der Waals surface area contributed by atoms with Crippen molar-refractivity contribution in [3.05, 3.63) is 0 Å². The van der Waals surface area contributed by atoms with E-state index in [0.717, 1.165) is 0 Å². The molecule has 0 aliphatic rings. The van der Waals surface area contributed by atoms with Gasteiger partial charge in [-0.1, -0.05) is 0 Å². The Morgan fingerprint density at radius 1 is 1.31 bits per heavy atom. The van der Waals surface area contributed by atoms with Crippen molar-refractivity contribution in [1.82, 2.24) is 5.32 Å². The lowest BCUT2D eigenvalue weighted by Crippen LogP contribution is -2.38. The summed E-state index contributed by atoms with van der Waals surface area (Å²) in [5.74, 6) is -1.57. The normalized spacial score (nSPS) is 17.2. The number of hydrogen-bond acceptors (Lipinski definition) is 3. The quantitative estimate of drug-likeness (QED) is 0.641. The van der Waals surface area contributed by atoms with E-state index in [4.69, 9.17) is 5.11 Å². The summed E-state index contributed by atoms with van der Waals surface area (Å²) in [6, 6.07) is 0. The highest BCUT2D eigenvalue weighted by Crippen LogP contribution is 2.04. The Balaban J connectivity index is 4.42. The molecule has 3 unspecified atom stereocenters. The van der Waals surface area contributed by atoms with Gasteiger partial charge >= 0.3 is 5.97 Å². The van der Waals surface area contributed by atoms with Crippen LogP contribution >= 0.6 is 0 Å². The Hall–Kier alpha value is -0.910. The van der Waals surface area contributed by atoms with E-state index in [-0.39, 0.29) is 0 Å². The molecule has 0 aromatic carbocycles. The molecule has 0 aromatic rings. The monoisotopic (exact) mass is 207 g/mol. The van der Waals surface area contributed by atoms with Crippen molar-refractivity contribution in [2.45, 2.75) is 24.3 Å². The van der Waals surface area contributed by atoms with Crippen LogP contribution < -0.4 is 5.32 Å². The van der Waals surface area contributed by atoms with Gasteiger partial charge in [0.05, 0.1) is 0 Å². The SMILES string of the molecule is CNC(=O)C(C)S(=O)C(C)C(=O)O. The summed E-state index contributed by atoms with van der Waals surface area (Å²) in [5.41, 5.74) is 0. The van der Waals surface area contributed by atoms with Crippen LogP contribution in [-0.4, -0.2) is 38.7 Å². The number of hydrogen-bond donors (Lipinski definition) is 2. The number of aliphatic carboxylic acids is 1. The molecule has 0 fully saturated rings. The molecule has 0 rings (SSSR count). The first-order valence-electron chi connectivity index (χ1n) is 3.75. The fraction of sp³-hybridized carbons (Fsp3) is 0.714. The van der Waals surface area contributed by atoms with Gasteiger partial charge in [-0.15, -0.1) is 0 Å². The average Bonchev–Trinajstić information content (AvgIpc) is 2.12. The van der Waals surface area contributed by atoms with Gasteiger partial charge in [0.15, 0.2) is 0 Å². The van der Waals surface area contributed by atoms with E-state index < -0.39 is 33.2 Å². The van der Waals surface area contributed by atoms with Crippen LogP contribution in [0.15, 0.2) is 0 Å². The Morgan fingerprint density at radius 2 is 1.77 bits per heavy atom. The number of carboxylic acids is 1. The smallest absolute Gasteiger partial charge is 0.319 e. The molecule has 0 bridgehead atoms. The Kier molecular flexibility index (Phi) is 4.61. The molecular weight excluding hydrogens is 194 g/mol. The third-order valence-corrected chi connectivity index (χ3v) is 3.47. The molecule has 2 N–H and O–H groups in total. The molecule has 0 saturated carbocycles. The maximum Gasteiger partial charge on any atom is 0.319 e. The van der Waals surface area contributed by atoms with Crippen LogP contribution in [0.5, 0.6) is 0 Å². The van der Waals surface area contributed by atoms with Crippen LogP contribution in [0, 0.1) is 0 Å². The minimum absolute atomic E-state index is 0.411. The lowest BCUT2D eigenvalue weighted by atomic mass is 10.4. The molecule has 0 spiro atoms. The zero-order valence-electron chi connectivity index (χ0n) is 7.73. The van der Waals surface area contributed by atoms with Crippen molar-refractivity contribution in [2.24, 2.45) is 0 Å². The summed E-state index contributed by atoms with van der Waals surface area (Å²) >= 11 is 0. The first-order chi connectivity index (χ1) is 5.91. The minimum atomic E-state index is -1.68. The Labute approximate surface area is 79.0 Å². The standard InChI is InChI=1S/C7H13NO4S/c1-4(6(9)8-3)13(12)5(2)7(10)11/h4-5H,1-3H3,(H,8,9)(H,10,11). The van der Waals surface area contributed by atoms with Crippen LogP contribution in [0.4, 0.5) is 0 Å². The second-order valence-electron chi connectivity index (χ2n) is 2.57. The van der Waals surface area contributed by atoms with Crippen molar-refractivity contribution in [3.63, 3.8) is 0 Å². The van der Waals surface area contributed by atoms with Crippen molar-refractivity contribution in [3.8, 4) is 0 Å². The van der Waals surface area contributed by atoms with E-state index in [2.05, 4.69) is 5.32 Å². The summed E-state index contributed by atoms with van der Waals surface area (Å²) in [6.07, 6.45) is 0. The summed E-state index contributed by atoms with van der Waals surface area (Å²) in [4.78, 5) is 21.4. The number of carbonyl (C=O) groups excluding carboxylic acids is 1. The fourth-order valence-corrected chi connectivity index (χ4v) is 1.85. The molecule has 6 heteroatoms. The number of rotatable bonds is 4. The number of nitrogens with one attached hydrogen (secondary N) is 1. The first-order valence-corrected chi connectivity index (χ1v) is 5.03. The largest absolute Gasteiger partial charge is 0.480 e. The van der Waals surface area contributed by atoms with Gasteiger partial charge in [0, 0.05) is 17.8 Å². The van der Waals surface area contributed by atoms with Gasteiger partial charge in [-0.05, 0) is 13.8 Å². The van der Waals surface area contributed by atoms with Crippen molar-refractivity contribution < 1.29 is 18.9 Å². The van der Waals surface area contributed by atoms with Crippen LogP contribution in [0.1, 0.15) is 13.8 Å². The molecule has 5 nitrogen and oxygen atoms in total. The van der Waals surface area contributed by atoms with Gasteiger partial charge in [0.25, 0.3) is 0 Å². The van der Waals surface area contributed by atoms with Crippen LogP contribution in [0.25, 0.3) is 0 Å². The highest BCUT2D eigenvalue weighted by atomic mass is 32.2. The maximum atomic E-state index is 11.4. The Morgan fingerprint density at radius 3 is 2.08 bits per heavy atom. The van der Waals surface area contributed by atoms with Gasteiger partial charge < -0.3 is 10.4 Å². The van der Waals surface area contributed by atoms with Crippen LogP contribution in [0.3, 0.4) is 0 Å². The van der Waals surface area contributed by atoms with E-state index in [1.165, 1.54) is 20.9 Å². The molecule has 13 heavy (non-hydrogen) atoms. The van der Waals surface area contributed by atoms with Crippen molar-refractivity contribution >= 4 is 22.7 Å². The summed E-state index contributed by atoms with van der Waals surface area (Å²) < 4.78 is 11.4. The molecular formula is C7H13NO4S. The van der Waals surface area contributed by atoms with Gasteiger partial charge in [0.2, 0.25) is 5.91 Å². The molecule has 0 radical (unpaired) electrons. The maximum absolute atomic E-state index is 11.4. The molecule has 1 amide bonds. The van der Waals surface area contributed by atoms with E-state index in [1.54, 1.807) is 0 Å². The molecule has 76 valence electrons. The molecule has 0 aromatic heterocycles. The third kappa shape index (κ3) is 3.14. The second kappa shape index (κ2) is 4.96. The Bertz CT molecular complexity index is 241. The van der Waals surface area contributed by atoms with E-state index in [9.17, 15) is 13.8 Å². The zero-order valence-corrected chi connectivity index (χ0v) is 8.55. The number of carboxylic acid groups (broad SMARTS) is 1. The molecule has 0 aliphatic carbocycles. The topological polar surface area (TPSA) is 83.5 Å². The predicted octanol–water partition coefficient (Wildman–Crippen LogP) is -0.657. The third-order valence-electron chi connectivity index (χ3n) is 1.66. The predicted molar refractivity (Wildman–Crippen MR) is 48.8 cm³/mol. The molecule has 0 aliphatic heterocycles. The van der Waals surface area contributed by atoms with E-state index in [1.807, 2.05) is 0 Å². The van der Waals surface area contributed by atoms with Crippen LogP contribution in [-0.2, 0) is 20.4 Å². The van der Waals surface area contributed by atoms with Crippen molar-refractivity contribution in [1.29, 1.82) is 0 Å². The highest BCUT2D eigenvalue weighted by molar-refractivity contribution is 7.87. The molecule has 0 heterocycles. The number of carbonyl (C=O) groups is 2. The van der Waals surface area contributed by atoms with Gasteiger partial charge in [-0.3, -0.25) is 13.8 Å². The summed E-state index contributed by atoms with van der Waals surface area (Å²) in [5, 5.41) is 9.03. The zero-order chi connectivity index (χ0) is 10.6. The molecule has 0 saturated heterocycles. The number of amides is 1. The van der Waals surface area contributed by atoms with Gasteiger partial charge in [0.1, 0.15) is 10.5 Å². The summed E-state index contributed by atoms with van der Waals surface area (Å²) in [6.45, 7) is 2.76. The van der Waals surface area contributed by atoms with E-state index >= 15 is 0 Å².